The third-order valence-electron chi connectivity index (χ3n) is 2.61. The largest absolute Gasteiger partial charge is 0.360 e. The summed E-state index contributed by atoms with van der Waals surface area (Å²) < 4.78 is 5.18. The van der Waals surface area contributed by atoms with Gasteiger partial charge in [-0.2, -0.15) is 0 Å². The van der Waals surface area contributed by atoms with Crippen LogP contribution in [0.5, 0.6) is 0 Å². The topological polar surface area (TPSA) is 68.0 Å². The predicted octanol–water partition coefficient (Wildman–Crippen LogP) is 3.41. The third kappa shape index (κ3) is 2.93. The van der Waals surface area contributed by atoms with Crippen LogP contribution in [0.4, 0.5) is 5.82 Å². The minimum Gasteiger partial charge on any atom is -0.360 e. The molecule has 0 radical (unpaired) electrons. The Labute approximate surface area is 116 Å². The van der Waals surface area contributed by atoms with Crippen LogP contribution in [0.25, 0.3) is 0 Å². The summed E-state index contributed by atoms with van der Waals surface area (Å²) in [4.78, 5) is 16.2. The van der Waals surface area contributed by atoms with Crippen LogP contribution in [-0.4, -0.2) is 16.0 Å². The number of hydrogen-bond acceptors (Lipinski definition) is 4. The molecule has 0 saturated carbocycles. The molecule has 5 nitrogen and oxygen atoms in total. The number of carbonyl (C=O) groups is 1. The zero-order valence-electron chi connectivity index (χ0n) is 10.9. The van der Waals surface area contributed by atoms with Gasteiger partial charge in [-0.3, -0.25) is 4.79 Å². The molecule has 100 valence electrons. The molecular formula is C13H14ClN3O2. The number of amides is 1. The lowest BCUT2D eigenvalue weighted by atomic mass is 10.0. The molecule has 0 aromatic carbocycles. The van der Waals surface area contributed by atoms with Crippen molar-refractivity contribution < 1.29 is 9.32 Å². The first-order chi connectivity index (χ1) is 8.99. The first kappa shape index (κ1) is 13.5. The molecule has 2 aromatic heterocycles. The van der Waals surface area contributed by atoms with Gasteiger partial charge in [-0.15, -0.1) is 0 Å². The second-order valence-corrected chi connectivity index (χ2v) is 4.91. The molecule has 0 aliphatic rings. The molecule has 6 heteroatoms. The highest BCUT2D eigenvalue weighted by Crippen LogP contribution is 2.23. The van der Waals surface area contributed by atoms with Crippen LogP contribution in [0.3, 0.4) is 0 Å². The molecular weight excluding hydrogens is 266 g/mol. The van der Waals surface area contributed by atoms with Crippen molar-refractivity contribution in [3.05, 3.63) is 40.4 Å². The van der Waals surface area contributed by atoms with Gasteiger partial charge in [0, 0.05) is 12.1 Å². The number of anilines is 1. The average Bonchev–Trinajstić information content (AvgIpc) is 2.74. The SMILES string of the molecule is Cc1noc(C(C)C)c1C(=O)Nc1ccc(Cl)cn1. The van der Waals surface area contributed by atoms with Crippen LogP contribution >= 0.6 is 11.6 Å². The van der Waals surface area contributed by atoms with E-state index in [1.54, 1.807) is 19.1 Å². The summed E-state index contributed by atoms with van der Waals surface area (Å²) in [6, 6.07) is 3.30. The van der Waals surface area contributed by atoms with Crippen LogP contribution < -0.4 is 5.32 Å². The quantitative estimate of drug-likeness (QED) is 0.935. The summed E-state index contributed by atoms with van der Waals surface area (Å²) in [5.74, 6) is 0.811. The van der Waals surface area contributed by atoms with Gasteiger partial charge in [0.05, 0.1) is 10.7 Å². The van der Waals surface area contributed by atoms with Crippen LogP contribution in [0.1, 0.15) is 41.6 Å². The first-order valence-electron chi connectivity index (χ1n) is 5.88. The Morgan fingerprint density at radius 2 is 2.16 bits per heavy atom. The maximum absolute atomic E-state index is 12.2. The van der Waals surface area contributed by atoms with Gasteiger partial charge in [0.1, 0.15) is 11.4 Å². The zero-order chi connectivity index (χ0) is 14.0. The summed E-state index contributed by atoms with van der Waals surface area (Å²) in [5, 5.41) is 7.05. The number of hydrogen-bond donors (Lipinski definition) is 1. The lowest BCUT2D eigenvalue weighted by molar-refractivity contribution is 0.102. The molecule has 0 saturated heterocycles. The molecule has 0 bridgehead atoms. The van der Waals surface area contributed by atoms with Crippen molar-refractivity contribution in [1.29, 1.82) is 0 Å². The summed E-state index contributed by atoms with van der Waals surface area (Å²) in [5.41, 5.74) is 1.03. The minimum atomic E-state index is -0.280. The summed E-state index contributed by atoms with van der Waals surface area (Å²) in [6.07, 6.45) is 1.47. The maximum atomic E-state index is 12.2. The summed E-state index contributed by atoms with van der Waals surface area (Å²) in [7, 11) is 0. The van der Waals surface area contributed by atoms with Crippen molar-refractivity contribution >= 4 is 23.3 Å². The van der Waals surface area contributed by atoms with Crippen LogP contribution in [0.15, 0.2) is 22.9 Å². The normalized spacial score (nSPS) is 10.8. The number of rotatable bonds is 3. The number of halogens is 1. The van der Waals surface area contributed by atoms with E-state index in [1.165, 1.54) is 6.20 Å². The molecule has 1 amide bonds. The van der Waals surface area contributed by atoms with Gasteiger partial charge in [0.15, 0.2) is 5.76 Å². The van der Waals surface area contributed by atoms with Gasteiger partial charge >= 0.3 is 0 Å². The number of aromatic nitrogens is 2. The van der Waals surface area contributed by atoms with Gasteiger partial charge < -0.3 is 9.84 Å². The van der Waals surface area contributed by atoms with Crippen molar-refractivity contribution in [2.75, 3.05) is 5.32 Å². The smallest absolute Gasteiger partial charge is 0.262 e. The van der Waals surface area contributed by atoms with Gasteiger partial charge in [-0.05, 0) is 19.1 Å². The Morgan fingerprint density at radius 3 is 2.74 bits per heavy atom. The molecule has 0 unspecified atom stereocenters. The van der Waals surface area contributed by atoms with Crippen molar-refractivity contribution in [1.82, 2.24) is 10.1 Å². The van der Waals surface area contributed by atoms with Crippen molar-refractivity contribution in [2.45, 2.75) is 26.7 Å². The Balaban J connectivity index is 2.25. The van der Waals surface area contributed by atoms with E-state index in [2.05, 4.69) is 15.5 Å². The molecule has 0 spiro atoms. The van der Waals surface area contributed by atoms with Crippen molar-refractivity contribution in [3.63, 3.8) is 0 Å². The van der Waals surface area contributed by atoms with Gasteiger partial charge in [-0.1, -0.05) is 30.6 Å². The fourth-order valence-electron chi connectivity index (χ4n) is 1.69. The fraction of sp³-hybridized carbons (Fsp3) is 0.308. The van der Waals surface area contributed by atoms with Gasteiger partial charge in [0.2, 0.25) is 0 Å². The molecule has 0 atom stereocenters. The number of carbonyl (C=O) groups excluding carboxylic acids is 1. The Hall–Kier alpha value is -1.88. The molecule has 2 heterocycles. The minimum absolute atomic E-state index is 0.0835. The number of nitrogens with one attached hydrogen (secondary N) is 1. The summed E-state index contributed by atoms with van der Waals surface area (Å²) in [6.45, 7) is 5.62. The zero-order valence-corrected chi connectivity index (χ0v) is 11.7. The maximum Gasteiger partial charge on any atom is 0.262 e. The molecule has 19 heavy (non-hydrogen) atoms. The lowest BCUT2D eigenvalue weighted by Gasteiger charge is -2.06. The van der Waals surface area contributed by atoms with Crippen molar-refractivity contribution in [2.24, 2.45) is 0 Å². The summed E-state index contributed by atoms with van der Waals surface area (Å²) >= 11 is 5.74. The highest BCUT2D eigenvalue weighted by Gasteiger charge is 2.22. The monoisotopic (exact) mass is 279 g/mol. The van der Waals surface area contributed by atoms with E-state index in [4.69, 9.17) is 16.1 Å². The number of pyridine rings is 1. The lowest BCUT2D eigenvalue weighted by Crippen LogP contribution is -2.15. The van der Waals surface area contributed by atoms with Crippen LogP contribution in [-0.2, 0) is 0 Å². The van der Waals surface area contributed by atoms with Gasteiger partial charge in [-0.25, -0.2) is 4.98 Å². The van der Waals surface area contributed by atoms with E-state index < -0.39 is 0 Å². The first-order valence-corrected chi connectivity index (χ1v) is 6.26. The van der Waals surface area contributed by atoms with E-state index in [0.29, 0.717) is 27.9 Å². The highest BCUT2D eigenvalue weighted by atomic mass is 35.5. The van der Waals surface area contributed by atoms with E-state index in [-0.39, 0.29) is 11.8 Å². The number of nitrogens with zero attached hydrogens (tertiary/aromatic N) is 2. The predicted molar refractivity (Wildman–Crippen MR) is 72.5 cm³/mol. The van der Waals surface area contributed by atoms with E-state index >= 15 is 0 Å². The second kappa shape index (κ2) is 5.40. The van der Waals surface area contributed by atoms with E-state index in [1.807, 2.05) is 13.8 Å². The Bertz CT molecular complexity index is 590. The van der Waals surface area contributed by atoms with Crippen LogP contribution in [0, 0.1) is 6.92 Å². The molecule has 0 aliphatic carbocycles. The van der Waals surface area contributed by atoms with Gasteiger partial charge in [0.25, 0.3) is 5.91 Å². The molecule has 2 rings (SSSR count). The third-order valence-corrected chi connectivity index (χ3v) is 2.83. The average molecular weight is 280 g/mol. The highest BCUT2D eigenvalue weighted by molar-refractivity contribution is 6.30. The fourth-order valence-corrected chi connectivity index (χ4v) is 1.80. The van der Waals surface area contributed by atoms with E-state index in [0.717, 1.165) is 0 Å². The molecule has 1 N–H and O–H groups in total. The van der Waals surface area contributed by atoms with Crippen molar-refractivity contribution in [3.8, 4) is 0 Å². The van der Waals surface area contributed by atoms with E-state index in [9.17, 15) is 4.79 Å². The standard InChI is InChI=1S/C13H14ClN3O2/c1-7(2)12-11(8(3)17-19-12)13(18)16-10-5-4-9(14)6-15-10/h4-7H,1-3H3,(H,15,16,18). The Morgan fingerprint density at radius 1 is 1.42 bits per heavy atom. The molecule has 0 aliphatic heterocycles. The second-order valence-electron chi connectivity index (χ2n) is 4.48. The van der Waals surface area contributed by atoms with Crippen LogP contribution in [0.2, 0.25) is 5.02 Å². The molecule has 2 aromatic rings. The molecule has 0 fully saturated rings. The number of aryl methyl sites for hydroxylation is 1. The Kier molecular flexibility index (Phi) is 3.85.